The van der Waals surface area contributed by atoms with Crippen LogP contribution < -0.4 is 5.32 Å². The number of rotatable bonds is 4. The molecule has 0 fully saturated rings. The summed E-state index contributed by atoms with van der Waals surface area (Å²) >= 11 is 0. The number of carbonyl (C=O) groups is 2. The molecule has 0 spiro atoms. The number of ether oxygens (including phenoxy) is 2. The van der Waals surface area contributed by atoms with Crippen molar-refractivity contribution in [2.75, 3.05) is 7.11 Å². The van der Waals surface area contributed by atoms with Gasteiger partial charge in [0, 0.05) is 18.0 Å². The number of methoxy groups -OCH3 is 1. The second kappa shape index (κ2) is 7.03. The van der Waals surface area contributed by atoms with Crippen molar-refractivity contribution < 1.29 is 24.2 Å². The number of aromatic nitrogens is 1. The number of aliphatic hydroxyl groups is 1. The van der Waals surface area contributed by atoms with Gasteiger partial charge in [-0.1, -0.05) is 6.07 Å². The maximum absolute atomic E-state index is 11.8. The number of hydrogen-bond acceptors (Lipinski definition) is 6. The van der Waals surface area contributed by atoms with E-state index in [2.05, 4.69) is 15.0 Å². The molecule has 0 bridgehead atoms. The van der Waals surface area contributed by atoms with E-state index in [9.17, 15) is 14.7 Å². The highest BCUT2D eigenvalue weighted by Crippen LogP contribution is 2.17. The Bertz CT molecular complexity index is 484. The van der Waals surface area contributed by atoms with Crippen molar-refractivity contribution in [3.8, 4) is 0 Å². The van der Waals surface area contributed by atoms with E-state index in [1.54, 1.807) is 32.9 Å². The molecule has 1 amide bonds. The first-order valence-corrected chi connectivity index (χ1v) is 6.40. The molecule has 7 nitrogen and oxygen atoms in total. The number of carbonyl (C=O) groups excluding carboxylic acids is 2. The first-order chi connectivity index (χ1) is 9.74. The zero-order valence-electron chi connectivity index (χ0n) is 12.5. The van der Waals surface area contributed by atoms with Gasteiger partial charge in [0.1, 0.15) is 11.7 Å². The second-order valence-corrected chi connectivity index (χ2v) is 5.38. The van der Waals surface area contributed by atoms with E-state index in [0.29, 0.717) is 5.56 Å². The van der Waals surface area contributed by atoms with Crippen LogP contribution in [0, 0.1) is 0 Å². The topological polar surface area (TPSA) is 97.8 Å². The molecule has 0 aliphatic heterocycles. The summed E-state index contributed by atoms with van der Waals surface area (Å²) in [7, 11) is 1.17. The van der Waals surface area contributed by atoms with Crippen LogP contribution in [-0.4, -0.2) is 40.9 Å². The molecule has 0 saturated heterocycles. The van der Waals surface area contributed by atoms with E-state index in [0.717, 1.165) is 0 Å². The Labute approximate surface area is 123 Å². The number of amides is 1. The van der Waals surface area contributed by atoms with Crippen molar-refractivity contribution >= 4 is 12.1 Å². The average molecular weight is 296 g/mol. The maximum Gasteiger partial charge on any atom is 0.408 e. The first-order valence-electron chi connectivity index (χ1n) is 6.40. The zero-order chi connectivity index (χ0) is 16.0. The number of nitrogens with zero attached hydrogens (tertiary/aromatic N) is 1. The van der Waals surface area contributed by atoms with Crippen molar-refractivity contribution in [1.29, 1.82) is 0 Å². The molecular weight excluding hydrogens is 276 g/mol. The molecule has 1 aromatic heterocycles. The highest BCUT2D eigenvalue weighted by atomic mass is 16.6. The highest BCUT2D eigenvalue weighted by Gasteiger charge is 2.32. The summed E-state index contributed by atoms with van der Waals surface area (Å²) in [6.07, 6.45) is 0.821. The lowest BCUT2D eigenvalue weighted by Crippen LogP contribution is -2.47. The van der Waals surface area contributed by atoms with E-state index in [-0.39, 0.29) is 0 Å². The number of pyridine rings is 1. The molecular formula is C14H20N2O5. The normalized spacial score (nSPS) is 14.0. The summed E-state index contributed by atoms with van der Waals surface area (Å²) in [5, 5.41) is 12.5. The third-order valence-corrected chi connectivity index (χ3v) is 2.47. The predicted octanol–water partition coefficient (Wildman–Crippen LogP) is 1.18. The Morgan fingerprint density at radius 1 is 1.38 bits per heavy atom. The fourth-order valence-corrected chi connectivity index (χ4v) is 1.57. The molecule has 1 aromatic rings. The van der Waals surface area contributed by atoms with Gasteiger partial charge in [-0.2, -0.15) is 0 Å². The Hall–Kier alpha value is -2.15. The van der Waals surface area contributed by atoms with E-state index in [4.69, 9.17) is 4.74 Å². The van der Waals surface area contributed by atoms with Crippen LogP contribution in [0.5, 0.6) is 0 Å². The fourth-order valence-electron chi connectivity index (χ4n) is 1.57. The molecule has 2 unspecified atom stereocenters. The maximum atomic E-state index is 11.8. The van der Waals surface area contributed by atoms with E-state index >= 15 is 0 Å². The van der Waals surface area contributed by atoms with Gasteiger partial charge in [-0.05, 0) is 26.8 Å². The van der Waals surface area contributed by atoms with Crippen LogP contribution in [0.3, 0.4) is 0 Å². The molecule has 116 valence electrons. The Kier molecular flexibility index (Phi) is 5.66. The molecule has 0 aliphatic carbocycles. The summed E-state index contributed by atoms with van der Waals surface area (Å²) in [4.78, 5) is 27.4. The van der Waals surface area contributed by atoms with Gasteiger partial charge in [-0.3, -0.25) is 4.98 Å². The standard InChI is InChI=1S/C14H20N2O5/c1-14(2,3)21-13(19)16-10(12(18)20-4)11(17)9-6-5-7-15-8-9/h5-8,10-11,17H,1-4H3,(H,16,19). The van der Waals surface area contributed by atoms with E-state index in [1.807, 2.05) is 0 Å². The van der Waals surface area contributed by atoms with Gasteiger partial charge in [-0.25, -0.2) is 9.59 Å². The molecule has 7 heteroatoms. The minimum absolute atomic E-state index is 0.379. The molecule has 2 atom stereocenters. The second-order valence-electron chi connectivity index (χ2n) is 5.38. The summed E-state index contributed by atoms with van der Waals surface area (Å²) < 4.78 is 9.66. The molecule has 0 aliphatic rings. The largest absolute Gasteiger partial charge is 0.467 e. The first kappa shape index (κ1) is 16.9. The molecule has 0 saturated carbocycles. The van der Waals surface area contributed by atoms with Gasteiger partial charge in [0.05, 0.1) is 7.11 Å². The van der Waals surface area contributed by atoms with Gasteiger partial charge in [-0.15, -0.1) is 0 Å². The number of nitrogens with one attached hydrogen (secondary N) is 1. The smallest absolute Gasteiger partial charge is 0.408 e. The van der Waals surface area contributed by atoms with Gasteiger partial charge in [0.25, 0.3) is 0 Å². The van der Waals surface area contributed by atoms with Crippen LogP contribution in [0.4, 0.5) is 4.79 Å². The molecule has 1 rings (SSSR count). The van der Waals surface area contributed by atoms with Gasteiger partial charge in [0.2, 0.25) is 0 Å². The average Bonchev–Trinajstić information content (AvgIpc) is 2.42. The quantitative estimate of drug-likeness (QED) is 0.810. The third kappa shape index (κ3) is 5.39. The lowest BCUT2D eigenvalue weighted by Gasteiger charge is -2.25. The number of esters is 1. The summed E-state index contributed by atoms with van der Waals surface area (Å²) in [5.74, 6) is -0.780. The predicted molar refractivity (Wildman–Crippen MR) is 74.4 cm³/mol. The zero-order valence-corrected chi connectivity index (χ0v) is 12.5. The molecule has 0 radical (unpaired) electrons. The van der Waals surface area contributed by atoms with Crippen molar-refractivity contribution in [3.05, 3.63) is 30.1 Å². The number of aliphatic hydroxyl groups excluding tert-OH is 1. The fraction of sp³-hybridized carbons (Fsp3) is 0.500. The minimum Gasteiger partial charge on any atom is -0.467 e. The SMILES string of the molecule is COC(=O)C(NC(=O)OC(C)(C)C)C(O)c1cccnc1. The molecule has 1 heterocycles. The van der Waals surface area contributed by atoms with Crippen molar-refractivity contribution in [2.45, 2.75) is 38.5 Å². The lowest BCUT2D eigenvalue weighted by molar-refractivity contribution is -0.146. The number of alkyl carbamates (subject to hydrolysis) is 1. The monoisotopic (exact) mass is 296 g/mol. The van der Waals surface area contributed by atoms with Crippen LogP contribution in [0.15, 0.2) is 24.5 Å². The van der Waals surface area contributed by atoms with Crippen LogP contribution in [0.2, 0.25) is 0 Å². The Morgan fingerprint density at radius 2 is 2.05 bits per heavy atom. The van der Waals surface area contributed by atoms with Crippen molar-refractivity contribution in [1.82, 2.24) is 10.3 Å². The molecule has 21 heavy (non-hydrogen) atoms. The van der Waals surface area contributed by atoms with Gasteiger partial charge >= 0.3 is 12.1 Å². The molecule has 2 N–H and O–H groups in total. The third-order valence-electron chi connectivity index (χ3n) is 2.47. The Balaban J connectivity index is 2.86. The lowest BCUT2D eigenvalue weighted by atomic mass is 10.0. The minimum atomic E-state index is -1.29. The highest BCUT2D eigenvalue weighted by molar-refractivity contribution is 5.82. The van der Waals surface area contributed by atoms with Gasteiger partial charge in [0.15, 0.2) is 6.04 Å². The van der Waals surface area contributed by atoms with Crippen LogP contribution in [-0.2, 0) is 14.3 Å². The van der Waals surface area contributed by atoms with Crippen LogP contribution in [0.1, 0.15) is 32.4 Å². The Morgan fingerprint density at radius 3 is 2.52 bits per heavy atom. The summed E-state index contributed by atoms with van der Waals surface area (Å²) in [6, 6.07) is 1.92. The summed E-state index contributed by atoms with van der Waals surface area (Å²) in [6.45, 7) is 5.08. The van der Waals surface area contributed by atoms with Crippen LogP contribution >= 0.6 is 0 Å². The van der Waals surface area contributed by atoms with E-state index in [1.165, 1.54) is 19.5 Å². The number of hydrogen-bond donors (Lipinski definition) is 2. The van der Waals surface area contributed by atoms with Crippen LogP contribution in [0.25, 0.3) is 0 Å². The van der Waals surface area contributed by atoms with E-state index < -0.39 is 29.8 Å². The van der Waals surface area contributed by atoms with Crippen molar-refractivity contribution in [2.24, 2.45) is 0 Å². The summed E-state index contributed by atoms with van der Waals surface area (Å²) in [5.41, 5.74) is -0.340. The van der Waals surface area contributed by atoms with Gasteiger partial charge < -0.3 is 19.9 Å². The van der Waals surface area contributed by atoms with Crippen molar-refractivity contribution in [3.63, 3.8) is 0 Å². The molecule has 0 aromatic carbocycles.